The normalized spacial score (nSPS) is 26.2. The molecule has 10 nitrogen and oxygen atoms in total. The van der Waals surface area contributed by atoms with E-state index in [0.29, 0.717) is 54.7 Å². The zero-order chi connectivity index (χ0) is 34.0. The SMILES string of the molecule is O=C(O)N[C@H](CF)C1CCC(C(=O)N2CC[C@@H](C3CCCCC3)[C@H]2C(=O)Nc2ccc3c(c2)cc2n3C(CCF)(CCF)OC2=O)CC1. The molecule has 3 heterocycles. The van der Waals surface area contributed by atoms with Crippen LogP contribution < -0.4 is 10.6 Å². The van der Waals surface area contributed by atoms with Gasteiger partial charge in [-0.2, -0.15) is 0 Å². The molecule has 0 spiro atoms. The molecule has 0 unspecified atom stereocenters. The first-order valence-electron chi connectivity index (χ1n) is 17.4. The minimum absolute atomic E-state index is 0.0140. The first-order chi connectivity index (χ1) is 23.2. The predicted molar refractivity (Wildman–Crippen MR) is 172 cm³/mol. The van der Waals surface area contributed by atoms with E-state index >= 15 is 0 Å². The van der Waals surface area contributed by atoms with Crippen molar-refractivity contribution in [1.29, 1.82) is 0 Å². The molecule has 3 N–H and O–H groups in total. The van der Waals surface area contributed by atoms with E-state index in [4.69, 9.17) is 9.84 Å². The molecule has 3 fully saturated rings. The van der Waals surface area contributed by atoms with E-state index < -0.39 is 49.9 Å². The lowest BCUT2D eigenvalue weighted by atomic mass is 9.76. The van der Waals surface area contributed by atoms with Gasteiger partial charge in [0.15, 0.2) is 5.72 Å². The second-order valence-corrected chi connectivity index (χ2v) is 14.0. The van der Waals surface area contributed by atoms with Crippen LogP contribution in [0.3, 0.4) is 0 Å². The summed E-state index contributed by atoms with van der Waals surface area (Å²) < 4.78 is 47.7. The molecular formula is C35H45F3N4O6. The van der Waals surface area contributed by atoms with Crippen molar-refractivity contribution < 1.29 is 42.2 Å². The number of amides is 3. The summed E-state index contributed by atoms with van der Waals surface area (Å²) in [5.74, 6) is -1.17. The highest BCUT2D eigenvalue weighted by Crippen LogP contribution is 2.43. The molecule has 3 amide bonds. The van der Waals surface area contributed by atoms with Crippen molar-refractivity contribution in [2.24, 2.45) is 23.7 Å². The number of hydrogen-bond donors (Lipinski definition) is 3. The van der Waals surface area contributed by atoms with E-state index in [-0.39, 0.29) is 48.1 Å². The van der Waals surface area contributed by atoms with Crippen molar-refractivity contribution in [1.82, 2.24) is 14.8 Å². The Hall–Kier alpha value is -3.77. The van der Waals surface area contributed by atoms with Crippen LogP contribution in [0.5, 0.6) is 0 Å². The van der Waals surface area contributed by atoms with Gasteiger partial charge in [0.05, 0.1) is 24.9 Å². The van der Waals surface area contributed by atoms with Gasteiger partial charge in [-0.05, 0) is 74.1 Å². The summed E-state index contributed by atoms with van der Waals surface area (Å²) in [5.41, 5.74) is -0.194. The van der Waals surface area contributed by atoms with Gasteiger partial charge in [0.25, 0.3) is 0 Å². The number of carboxylic acid groups (broad SMARTS) is 1. The van der Waals surface area contributed by atoms with Crippen LogP contribution >= 0.6 is 0 Å². The summed E-state index contributed by atoms with van der Waals surface area (Å²) in [6.07, 6.45) is 6.55. The van der Waals surface area contributed by atoms with Crippen LogP contribution in [-0.2, 0) is 20.1 Å². The maximum atomic E-state index is 14.2. The van der Waals surface area contributed by atoms with Gasteiger partial charge in [0.2, 0.25) is 11.8 Å². The maximum absolute atomic E-state index is 14.2. The Morgan fingerprint density at radius 1 is 0.958 bits per heavy atom. The number of likely N-dealkylation sites (tertiary alicyclic amines) is 1. The fourth-order valence-electron chi connectivity index (χ4n) is 9.01. The van der Waals surface area contributed by atoms with Gasteiger partial charge >= 0.3 is 12.1 Å². The number of rotatable bonds is 11. The number of halogens is 3. The molecule has 0 bridgehead atoms. The number of anilines is 1. The van der Waals surface area contributed by atoms with Crippen LogP contribution in [0.1, 0.15) is 87.5 Å². The minimum atomic E-state index is -1.45. The van der Waals surface area contributed by atoms with Gasteiger partial charge in [-0.3, -0.25) is 22.9 Å². The maximum Gasteiger partial charge on any atom is 0.404 e. The van der Waals surface area contributed by atoms with Crippen LogP contribution in [0.2, 0.25) is 0 Å². The Balaban J connectivity index is 1.21. The number of esters is 1. The number of nitrogens with one attached hydrogen (secondary N) is 2. The molecule has 0 radical (unpaired) electrons. The highest BCUT2D eigenvalue weighted by molar-refractivity contribution is 6.02. The highest BCUT2D eigenvalue weighted by Gasteiger charge is 2.48. The van der Waals surface area contributed by atoms with Crippen molar-refractivity contribution >= 4 is 40.5 Å². The first-order valence-corrected chi connectivity index (χ1v) is 17.4. The van der Waals surface area contributed by atoms with Crippen molar-refractivity contribution in [3.8, 4) is 0 Å². The van der Waals surface area contributed by atoms with E-state index in [2.05, 4.69) is 10.6 Å². The first kappa shape index (κ1) is 34.1. The Morgan fingerprint density at radius 3 is 2.31 bits per heavy atom. The Bertz CT molecular complexity index is 1510. The van der Waals surface area contributed by atoms with Crippen LogP contribution in [0.4, 0.5) is 23.7 Å². The van der Waals surface area contributed by atoms with Crippen molar-refractivity contribution in [2.75, 3.05) is 31.9 Å². The van der Waals surface area contributed by atoms with E-state index in [9.17, 15) is 32.3 Å². The number of aromatic nitrogens is 1. The van der Waals surface area contributed by atoms with E-state index in [1.807, 2.05) is 0 Å². The lowest BCUT2D eigenvalue weighted by Crippen LogP contribution is -2.50. The van der Waals surface area contributed by atoms with Gasteiger partial charge < -0.3 is 25.4 Å². The summed E-state index contributed by atoms with van der Waals surface area (Å²) in [5, 5.41) is 15.0. The fraction of sp³-hybridized carbons (Fsp3) is 0.657. The number of alkyl halides is 3. The quantitative estimate of drug-likeness (QED) is 0.239. The summed E-state index contributed by atoms with van der Waals surface area (Å²) in [4.78, 5) is 53.8. The molecule has 262 valence electrons. The Labute approximate surface area is 277 Å². The third-order valence-corrected chi connectivity index (χ3v) is 11.4. The van der Waals surface area contributed by atoms with Crippen LogP contribution in [0.15, 0.2) is 24.3 Å². The van der Waals surface area contributed by atoms with Crippen molar-refractivity contribution in [3.05, 3.63) is 30.0 Å². The van der Waals surface area contributed by atoms with Gasteiger partial charge in [-0.1, -0.05) is 32.1 Å². The summed E-state index contributed by atoms with van der Waals surface area (Å²) >= 11 is 0. The van der Waals surface area contributed by atoms with Gasteiger partial charge in [-0.15, -0.1) is 0 Å². The molecule has 2 aliphatic heterocycles. The Morgan fingerprint density at radius 2 is 1.67 bits per heavy atom. The van der Waals surface area contributed by atoms with Crippen LogP contribution in [0.25, 0.3) is 10.9 Å². The second-order valence-electron chi connectivity index (χ2n) is 14.0. The molecule has 6 rings (SSSR count). The number of hydrogen-bond acceptors (Lipinski definition) is 5. The van der Waals surface area contributed by atoms with Crippen molar-refractivity contribution in [3.63, 3.8) is 0 Å². The average Bonchev–Trinajstić information content (AvgIpc) is 3.77. The van der Waals surface area contributed by atoms with Crippen molar-refractivity contribution in [2.45, 2.75) is 94.9 Å². The fourth-order valence-corrected chi connectivity index (χ4v) is 9.01. The standard InChI is InChI=1S/C35H45F3N4O6/c36-15-13-35(14-16-37)42-28-11-10-25(18-24(28)19-29(42)33(45)48-35)39-31(43)30-26(21-4-2-1-3-5-21)12-17-41(30)32(44)23-8-6-22(7-9-23)27(20-38)40-34(46)47/h10-11,18-19,21-23,26-27,30,40H,1-9,12-17,20H2,(H,39,43)(H,46,47)/t22?,23?,26-,27+,30-/m0/s1. The number of benzene rings is 1. The number of cyclic esters (lactones) is 1. The van der Waals surface area contributed by atoms with Crippen LogP contribution in [0, 0.1) is 23.7 Å². The number of carbonyl (C=O) groups excluding carboxylic acids is 3. The zero-order valence-electron chi connectivity index (χ0n) is 27.1. The summed E-state index contributed by atoms with van der Waals surface area (Å²) in [6, 6.07) is 5.28. The number of ether oxygens (including phenoxy) is 1. The smallest absolute Gasteiger partial charge is 0.404 e. The monoisotopic (exact) mass is 674 g/mol. The summed E-state index contributed by atoms with van der Waals surface area (Å²) in [6.45, 7) is -1.91. The predicted octanol–water partition coefficient (Wildman–Crippen LogP) is 6.33. The molecule has 1 saturated heterocycles. The van der Waals surface area contributed by atoms with E-state index in [1.54, 1.807) is 33.7 Å². The number of carbonyl (C=O) groups is 4. The molecule has 2 saturated carbocycles. The van der Waals surface area contributed by atoms with Gasteiger partial charge in [-0.25, -0.2) is 14.0 Å². The molecular weight excluding hydrogens is 629 g/mol. The van der Waals surface area contributed by atoms with Crippen LogP contribution in [-0.4, -0.2) is 77.1 Å². The third-order valence-electron chi connectivity index (χ3n) is 11.4. The second kappa shape index (κ2) is 14.4. The largest absolute Gasteiger partial charge is 0.465 e. The molecule has 2 aliphatic carbocycles. The third kappa shape index (κ3) is 6.48. The molecule has 4 aliphatic rings. The minimum Gasteiger partial charge on any atom is -0.465 e. The molecule has 48 heavy (non-hydrogen) atoms. The highest BCUT2D eigenvalue weighted by atomic mass is 19.1. The molecule has 1 aromatic carbocycles. The topological polar surface area (TPSA) is 130 Å². The molecule has 3 atom stereocenters. The van der Waals surface area contributed by atoms with E-state index in [0.717, 1.165) is 38.5 Å². The zero-order valence-corrected chi connectivity index (χ0v) is 27.1. The molecule has 2 aromatic rings. The van der Waals surface area contributed by atoms with Gasteiger partial charge in [0.1, 0.15) is 18.4 Å². The lowest BCUT2D eigenvalue weighted by Gasteiger charge is -2.37. The lowest BCUT2D eigenvalue weighted by molar-refractivity contribution is -0.142. The Kier molecular flexibility index (Phi) is 10.2. The van der Waals surface area contributed by atoms with Gasteiger partial charge in [0, 0.05) is 36.4 Å². The number of fused-ring (bicyclic) bond motifs is 3. The van der Waals surface area contributed by atoms with E-state index in [1.165, 1.54) is 0 Å². The number of nitrogens with zero attached hydrogens (tertiary/aromatic N) is 2. The summed E-state index contributed by atoms with van der Waals surface area (Å²) in [7, 11) is 0. The average molecular weight is 675 g/mol. The molecule has 1 aromatic heterocycles. The molecule has 13 heteroatoms.